The van der Waals surface area contributed by atoms with E-state index in [4.69, 9.17) is 5.11 Å². The largest absolute Gasteiger partial charge is 0.471 e. The van der Waals surface area contributed by atoms with Crippen LogP contribution in [0.5, 0.6) is 0 Å². The first-order valence-corrected chi connectivity index (χ1v) is 3.66. The van der Waals surface area contributed by atoms with Crippen LogP contribution in [0.1, 0.15) is 0 Å². The lowest BCUT2D eigenvalue weighted by atomic mass is 10.1. The molecule has 0 aromatic rings. The molecule has 8 heteroatoms. The predicted octanol–water partition coefficient (Wildman–Crippen LogP) is 0.0271. The number of amides is 2. The van der Waals surface area contributed by atoms with Crippen molar-refractivity contribution in [2.24, 2.45) is 0 Å². The topological polar surface area (TPSA) is 69.6 Å². The maximum atomic E-state index is 11.7. The molecule has 1 aliphatic rings. The van der Waals surface area contributed by atoms with E-state index in [0.717, 1.165) is 4.90 Å². The molecular formula is C6H7F3N2O3. The SMILES string of the molecule is O=C(O)N1CC(NC(=O)C(F)(F)F)C1. The fraction of sp³-hybridized carbons (Fsp3) is 0.667. The summed E-state index contributed by atoms with van der Waals surface area (Å²) in [7, 11) is 0. The van der Waals surface area contributed by atoms with Gasteiger partial charge in [-0.25, -0.2) is 4.79 Å². The number of nitrogens with one attached hydrogen (secondary N) is 1. The Balaban J connectivity index is 2.30. The van der Waals surface area contributed by atoms with Crippen molar-refractivity contribution in [3.63, 3.8) is 0 Å². The van der Waals surface area contributed by atoms with Gasteiger partial charge >= 0.3 is 18.2 Å². The Hall–Kier alpha value is -1.47. The van der Waals surface area contributed by atoms with Gasteiger partial charge in [0, 0.05) is 13.1 Å². The maximum Gasteiger partial charge on any atom is 0.471 e. The molecule has 1 rings (SSSR count). The van der Waals surface area contributed by atoms with Gasteiger partial charge in [0.25, 0.3) is 0 Å². The Labute approximate surface area is 76.5 Å². The first-order valence-electron chi connectivity index (χ1n) is 3.66. The van der Waals surface area contributed by atoms with E-state index in [1.165, 1.54) is 0 Å². The minimum Gasteiger partial charge on any atom is -0.465 e. The summed E-state index contributed by atoms with van der Waals surface area (Å²) in [6.45, 7) is -0.200. The van der Waals surface area contributed by atoms with Gasteiger partial charge in [0.05, 0.1) is 6.04 Å². The van der Waals surface area contributed by atoms with Crippen LogP contribution >= 0.6 is 0 Å². The highest BCUT2D eigenvalue weighted by Gasteiger charge is 2.42. The molecule has 14 heavy (non-hydrogen) atoms. The molecule has 1 saturated heterocycles. The minimum absolute atomic E-state index is 0.100. The normalized spacial score (nSPS) is 17.5. The molecule has 0 bridgehead atoms. The highest BCUT2D eigenvalue weighted by molar-refractivity contribution is 5.82. The van der Waals surface area contributed by atoms with Crippen molar-refractivity contribution in [3.8, 4) is 0 Å². The third kappa shape index (κ3) is 2.27. The zero-order chi connectivity index (χ0) is 10.9. The van der Waals surface area contributed by atoms with Crippen LogP contribution in [-0.2, 0) is 4.79 Å². The van der Waals surface area contributed by atoms with E-state index in [1.807, 2.05) is 0 Å². The molecule has 5 nitrogen and oxygen atoms in total. The summed E-state index contributed by atoms with van der Waals surface area (Å²) in [5.74, 6) is -2.03. The Bertz CT molecular complexity index is 260. The number of carbonyl (C=O) groups is 2. The summed E-state index contributed by atoms with van der Waals surface area (Å²) in [6, 6.07) is -0.736. The number of nitrogens with zero attached hydrogens (tertiary/aromatic N) is 1. The quantitative estimate of drug-likeness (QED) is 0.644. The minimum atomic E-state index is -4.91. The monoisotopic (exact) mass is 212 g/mol. The summed E-state index contributed by atoms with van der Waals surface area (Å²) < 4.78 is 35.1. The first kappa shape index (κ1) is 10.6. The van der Waals surface area contributed by atoms with E-state index < -0.39 is 24.2 Å². The summed E-state index contributed by atoms with van der Waals surface area (Å²) in [4.78, 5) is 21.4. The van der Waals surface area contributed by atoms with Crippen molar-refractivity contribution in [2.75, 3.05) is 13.1 Å². The van der Waals surface area contributed by atoms with E-state index in [1.54, 1.807) is 5.32 Å². The molecular weight excluding hydrogens is 205 g/mol. The second-order valence-corrected chi connectivity index (χ2v) is 2.86. The number of carboxylic acid groups (broad SMARTS) is 1. The number of alkyl halides is 3. The summed E-state index contributed by atoms with van der Waals surface area (Å²) in [5.41, 5.74) is 0. The fourth-order valence-electron chi connectivity index (χ4n) is 0.993. The molecule has 2 amide bonds. The average Bonchev–Trinajstić information content (AvgIpc) is 1.92. The van der Waals surface area contributed by atoms with Crippen LogP contribution in [0.25, 0.3) is 0 Å². The zero-order valence-electron chi connectivity index (χ0n) is 6.84. The molecule has 0 spiro atoms. The summed E-state index contributed by atoms with van der Waals surface area (Å²) in [6.07, 6.45) is -6.12. The second-order valence-electron chi connectivity index (χ2n) is 2.86. The lowest BCUT2D eigenvalue weighted by molar-refractivity contribution is -0.175. The molecule has 1 aliphatic heterocycles. The molecule has 0 saturated carbocycles. The average molecular weight is 212 g/mol. The molecule has 80 valence electrons. The van der Waals surface area contributed by atoms with E-state index in [9.17, 15) is 22.8 Å². The van der Waals surface area contributed by atoms with Crippen LogP contribution in [0.2, 0.25) is 0 Å². The van der Waals surface area contributed by atoms with Crippen LogP contribution in [0, 0.1) is 0 Å². The Morgan fingerprint density at radius 2 is 1.86 bits per heavy atom. The van der Waals surface area contributed by atoms with Crippen molar-refractivity contribution in [1.82, 2.24) is 10.2 Å². The van der Waals surface area contributed by atoms with Gasteiger partial charge in [0.1, 0.15) is 0 Å². The first-order chi connectivity index (χ1) is 6.30. The Morgan fingerprint density at radius 3 is 2.21 bits per heavy atom. The van der Waals surface area contributed by atoms with E-state index in [-0.39, 0.29) is 13.1 Å². The molecule has 2 N–H and O–H groups in total. The molecule has 0 atom stereocenters. The third-order valence-corrected chi connectivity index (χ3v) is 1.74. The zero-order valence-corrected chi connectivity index (χ0v) is 6.84. The molecule has 1 heterocycles. The number of carbonyl (C=O) groups excluding carboxylic acids is 1. The van der Waals surface area contributed by atoms with Gasteiger partial charge in [-0.05, 0) is 0 Å². The maximum absolute atomic E-state index is 11.7. The predicted molar refractivity (Wildman–Crippen MR) is 37.6 cm³/mol. The number of rotatable bonds is 1. The van der Waals surface area contributed by atoms with Crippen LogP contribution in [0.15, 0.2) is 0 Å². The van der Waals surface area contributed by atoms with Crippen LogP contribution < -0.4 is 5.32 Å². The molecule has 0 aromatic carbocycles. The number of likely N-dealkylation sites (tertiary alicyclic amines) is 1. The molecule has 0 aliphatic carbocycles. The van der Waals surface area contributed by atoms with Gasteiger partial charge in [-0.2, -0.15) is 13.2 Å². The van der Waals surface area contributed by atoms with Crippen molar-refractivity contribution in [3.05, 3.63) is 0 Å². The lowest BCUT2D eigenvalue weighted by Gasteiger charge is -2.37. The van der Waals surface area contributed by atoms with E-state index in [0.29, 0.717) is 0 Å². The van der Waals surface area contributed by atoms with Gasteiger partial charge in [0.2, 0.25) is 0 Å². The smallest absolute Gasteiger partial charge is 0.465 e. The molecule has 1 fully saturated rings. The molecule has 0 radical (unpaired) electrons. The highest BCUT2D eigenvalue weighted by atomic mass is 19.4. The van der Waals surface area contributed by atoms with Gasteiger partial charge in [-0.3, -0.25) is 4.79 Å². The summed E-state index contributed by atoms with van der Waals surface area (Å²) >= 11 is 0. The summed E-state index contributed by atoms with van der Waals surface area (Å²) in [5, 5.41) is 10.0. The van der Waals surface area contributed by atoms with Crippen molar-refractivity contribution >= 4 is 12.0 Å². The fourth-order valence-corrected chi connectivity index (χ4v) is 0.993. The van der Waals surface area contributed by atoms with E-state index >= 15 is 0 Å². The van der Waals surface area contributed by atoms with Crippen LogP contribution in [-0.4, -0.2) is 47.3 Å². The Kier molecular flexibility index (Phi) is 2.54. The number of hydrogen-bond acceptors (Lipinski definition) is 2. The van der Waals surface area contributed by atoms with Gasteiger partial charge < -0.3 is 15.3 Å². The number of hydrogen-bond donors (Lipinski definition) is 2. The molecule has 0 unspecified atom stereocenters. The van der Waals surface area contributed by atoms with Gasteiger partial charge in [-0.15, -0.1) is 0 Å². The Morgan fingerprint density at radius 1 is 1.36 bits per heavy atom. The van der Waals surface area contributed by atoms with Gasteiger partial charge in [-0.1, -0.05) is 0 Å². The second kappa shape index (κ2) is 3.35. The third-order valence-electron chi connectivity index (χ3n) is 1.74. The van der Waals surface area contributed by atoms with Gasteiger partial charge in [0.15, 0.2) is 0 Å². The van der Waals surface area contributed by atoms with Crippen LogP contribution in [0.3, 0.4) is 0 Å². The van der Waals surface area contributed by atoms with Crippen molar-refractivity contribution in [1.29, 1.82) is 0 Å². The lowest BCUT2D eigenvalue weighted by Crippen LogP contribution is -2.62. The highest BCUT2D eigenvalue weighted by Crippen LogP contribution is 2.16. The number of halogens is 3. The standard InChI is InChI=1S/C6H7F3N2O3/c7-6(8,9)4(12)10-3-1-11(2-3)5(13)14/h3H,1-2H2,(H,10,12)(H,13,14). The van der Waals surface area contributed by atoms with Crippen molar-refractivity contribution in [2.45, 2.75) is 12.2 Å². The van der Waals surface area contributed by atoms with E-state index in [2.05, 4.69) is 0 Å². The molecule has 0 aromatic heterocycles. The van der Waals surface area contributed by atoms with Crippen LogP contribution in [0.4, 0.5) is 18.0 Å². The van der Waals surface area contributed by atoms with Crippen molar-refractivity contribution < 1.29 is 27.9 Å².